The van der Waals surface area contributed by atoms with Gasteiger partial charge in [-0.2, -0.15) is 0 Å². The molecule has 0 saturated heterocycles. The third-order valence-electron chi connectivity index (χ3n) is 5.39. The molecule has 5 nitrogen and oxygen atoms in total. The standard InChI is InChI=1S/C24H22N2O3/c1-15-7-9-16(10-8-15)14-25-23(28)20-13-19-21(26-24(20)29)11-18(12-22(19)27)17-5-3-2-4-6-17/h2-10,13,18H,11-12,14H2,1H3,(H,25,28)(H,26,29)/t18-/m1/s1. The molecule has 0 radical (unpaired) electrons. The zero-order valence-electron chi connectivity index (χ0n) is 16.2. The van der Waals surface area contributed by atoms with E-state index in [1.807, 2.05) is 61.5 Å². The van der Waals surface area contributed by atoms with E-state index in [0.717, 1.165) is 16.7 Å². The number of pyridine rings is 1. The Morgan fingerprint density at radius 1 is 1.03 bits per heavy atom. The van der Waals surface area contributed by atoms with Crippen molar-refractivity contribution in [1.29, 1.82) is 0 Å². The fourth-order valence-corrected chi connectivity index (χ4v) is 3.74. The number of Topliss-reactive ketones (excluding diaryl/α,β-unsaturated/α-hetero) is 1. The second-order valence-electron chi connectivity index (χ2n) is 7.51. The highest BCUT2D eigenvalue weighted by Gasteiger charge is 2.28. The lowest BCUT2D eigenvalue weighted by Gasteiger charge is -2.24. The van der Waals surface area contributed by atoms with Gasteiger partial charge in [-0.15, -0.1) is 0 Å². The Bertz CT molecular complexity index is 1120. The van der Waals surface area contributed by atoms with Crippen molar-refractivity contribution in [2.45, 2.75) is 32.2 Å². The number of rotatable bonds is 4. The lowest BCUT2D eigenvalue weighted by atomic mass is 9.81. The van der Waals surface area contributed by atoms with E-state index in [0.29, 0.717) is 30.6 Å². The van der Waals surface area contributed by atoms with Gasteiger partial charge in [-0.25, -0.2) is 0 Å². The summed E-state index contributed by atoms with van der Waals surface area (Å²) in [7, 11) is 0. The van der Waals surface area contributed by atoms with Crippen molar-refractivity contribution >= 4 is 11.7 Å². The van der Waals surface area contributed by atoms with Crippen LogP contribution in [0.25, 0.3) is 0 Å². The van der Waals surface area contributed by atoms with E-state index in [9.17, 15) is 14.4 Å². The van der Waals surface area contributed by atoms with Crippen molar-refractivity contribution in [1.82, 2.24) is 10.3 Å². The minimum atomic E-state index is -0.479. The predicted octanol–water partition coefficient (Wildman–Crippen LogP) is 3.53. The summed E-state index contributed by atoms with van der Waals surface area (Å²) in [6.07, 6.45) is 0.944. The molecule has 2 aromatic carbocycles. The molecule has 1 amide bonds. The largest absolute Gasteiger partial charge is 0.348 e. The fourth-order valence-electron chi connectivity index (χ4n) is 3.74. The quantitative estimate of drug-likeness (QED) is 0.720. The molecule has 0 bridgehead atoms. The number of amides is 1. The van der Waals surface area contributed by atoms with Crippen molar-refractivity contribution < 1.29 is 9.59 Å². The van der Waals surface area contributed by atoms with Gasteiger partial charge in [0.15, 0.2) is 5.78 Å². The highest BCUT2D eigenvalue weighted by atomic mass is 16.2. The van der Waals surface area contributed by atoms with Crippen molar-refractivity contribution in [2.24, 2.45) is 0 Å². The van der Waals surface area contributed by atoms with Gasteiger partial charge in [-0.05, 0) is 36.5 Å². The highest BCUT2D eigenvalue weighted by Crippen LogP contribution is 2.31. The molecule has 1 aliphatic rings. The molecule has 29 heavy (non-hydrogen) atoms. The second-order valence-corrected chi connectivity index (χ2v) is 7.51. The maximum Gasteiger partial charge on any atom is 0.261 e. The van der Waals surface area contributed by atoms with Crippen LogP contribution in [0.15, 0.2) is 65.5 Å². The van der Waals surface area contributed by atoms with E-state index in [1.165, 1.54) is 6.07 Å². The van der Waals surface area contributed by atoms with E-state index in [1.54, 1.807) is 0 Å². The van der Waals surface area contributed by atoms with Crippen molar-refractivity contribution in [3.05, 3.63) is 105 Å². The van der Waals surface area contributed by atoms with Gasteiger partial charge >= 0.3 is 0 Å². The topological polar surface area (TPSA) is 79.0 Å². The van der Waals surface area contributed by atoms with Gasteiger partial charge in [0.25, 0.3) is 11.5 Å². The maximum atomic E-state index is 12.7. The number of H-pyrrole nitrogens is 1. The molecule has 5 heteroatoms. The summed E-state index contributed by atoms with van der Waals surface area (Å²) < 4.78 is 0. The van der Waals surface area contributed by atoms with E-state index >= 15 is 0 Å². The third-order valence-corrected chi connectivity index (χ3v) is 5.39. The molecule has 0 spiro atoms. The van der Waals surface area contributed by atoms with Crippen LogP contribution >= 0.6 is 0 Å². The van der Waals surface area contributed by atoms with Crippen LogP contribution < -0.4 is 10.9 Å². The zero-order chi connectivity index (χ0) is 20.4. The first-order chi connectivity index (χ1) is 14.0. The average Bonchev–Trinajstić information content (AvgIpc) is 2.73. The fraction of sp³-hybridized carbons (Fsp3) is 0.208. The number of aromatic nitrogens is 1. The van der Waals surface area contributed by atoms with Crippen LogP contribution in [0, 0.1) is 6.92 Å². The number of hydrogen-bond acceptors (Lipinski definition) is 3. The predicted molar refractivity (Wildman–Crippen MR) is 111 cm³/mol. The normalized spacial score (nSPS) is 15.6. The molecule has 4 rings (SSSR count). The third kappa shape index (κ3) is 4.04. The number of benzene rings is 2. The smallest absolute Gasteiger partial charge is 0.261 e. The molecule has 1 heterocycles. The van der Waals surface area contributed by atoms with Crippen LogP contribution in [-0.2, 0) is 13.0 Å². The number of nitrogens with one attached hydrogen (secondary N) is 2. The van der Waals surface area contributed by atoms with Crippen LogP contribution in [0.5, 0.6) is 0 Å². The monoisotopic (exact) mass is 386 g/mol. The van der Waals surface area contributed by atoms with Gasteiger partial charge < -0.3 is 10.3 Å². The number of fused-ring (bicyclic) bond motifs is 1. The molecule has 1 aromatic heterocycles. The Hall–Kier alpha value is -3.47. The Kier molecular flexibility index (Phi) is 5.12. The SMILES string of the molecule is Cc1ccc(CNC(=O)c2cc3c([nH]c2=O)C[C@@H](c2ccccc2)CC3=O)cc1. The highest BCUT2D eigenvalue weighted by molar-refractivity contribution is 6.02. The first-order valence-corrected chi connectivity index (χ1v) is 9.69. The van der Waals surface area contributed by atoms with E-state index in [-0.39, 0.29) is 17.3 Å². The van der Waals surface area contributed by atoms with Gasteiger partial charge in [0.2, 0.25) is 0 Å². The van der Waals surface area contributed by atoms with Crippen molar-refractivity contribution in [3.8, 4) is 0 Å². The lowest BCUT2D eigenvalue weighted by molar-refractivity contribution is 0.0949. The summed E-state index contributed by atoms with van der Waals surface area (Å²) >= 11 is 0. The first-order valence-electron chi connectivity index (χ1n) is 9.69. The molecule has 0 aliphatic heterocycles. The minimum Gasteiger partial charge on any atom is -0.348 e. The maximum absolute atomic E-state index is 12.7. The van der Waals surface area contributed by atoms with Crippen LogP contribution in [0.1, 0.15) is 55.4 Å². The molecule has 0 saturated carbocycles. The Morgan fingerprint density at radius 3 is 2.48 bits per heavy atom. The van der Waals surface area contributed by atoms with Crippen molar-refractivity contribution in [2.75, 3.05) is 0 Å². The molecule has 0 unspecified atom stereocenters. The number of hydrogen-bond donors (Lipinski definition) is 2. The Morgan fingerprint density at radius 2 is 1.76 bits per heavy atom. The van der Waals surface area contributed by atoms with E-state index in [2.05, 4.69) is 10.3 Å². The molecule has 146 valence electrons. The molecular weight excluding hydrogens is 364 g/mol. The van der Waals surface area contributed by atoms with E-state index in [4.69, 9.17) is 0 Å². The second kappa shape index (κ2) is 7.87. The van der Waals surface area contributed by atoms with Crippen LogP contribution in [0.3, 0.4) is 0 Å². The van der Waals surface area contributed by atoms with Gasteiger partial charge in [-0.1, -0.05) is 60.2 Å². The summed E-state index contributed by atoms with van der Waals surface area (Å²) in [6.45, 7) is 2.31. The number of carbonyl (C=O) groups excluding carboxylic acids is 2. The van der Waals surface area contributed by atoms with Crippen LogP contribution in [-0.4, -0.2) is 16.7 Å². The summed E-state index contributed by atoms with van der Waals surface area (Å²) in [6, 6.07) is 19.1. The number of ketones is 1. The molecular formula is C24H22N2O3. The van der Waals surface area contributed by atoms with Gasteiger partial charge in [-0.3, -0.25) is 14.4 Å². The number of aryl methyl sites for hydroxylation is 1. The average molecular weight is 386 g/mol. The summed E-state index contributed by atoms with van der Waals surface area (Å²) in [4.78, 5) is 40.5. The minimum absolute atomic E-state index is 0.0256. The first kappa shape index (κ1) is 18.9. The zero-order valence-corrected chi connectivity index (χ0v) is 16.2. The lowest BCUT2D eigenvalue weighted by Crippen LogP contribution is -2.32. The molecule has 2 N–H and O–H groups in total. The van der Waals surface area contributed by atoms with Crippen LogP contribution in [0.2, 0.25) is 0 Å². The molecule has 0 fully saturated rings. The van der Waals surface area contributed by atoms with Crippen molar-refractivity contribution in [3.63, 3.8) is 0 Å². The number of carbonyl (C=O) groups is 2. The molecule has 1 aliphatic carbocycles. The summed E-state index contributed by atoms with van der Waals surface area (Å²) in [5.74, 6) is -0.496. The van der Waals surface area contributed by atoms with Gasteiger partial charge in [0.05, 0.1) is 0 Å². The number of aromatic amines is 1. The Balaban J connectivity index is 1.54. The van der Waals surface area contributed by atoms with Crippen LogP contribution in [0.4, 0.5) is 0 Å². The van der Waals surface area contributed by atoms with Gasteiger partial charge in [0.1, 0.15) is 5.56 Å². The Labute approximate surface area is 168 Å². The molecule has 3 aromatic rings. The summed E-state index contributed by atoms with van der Waals surface area (Å²) in [5.41, 5.74) is 3.72. The van der Waals surface area contributed by atoms with E-state index < -0.39 is 11.5 Å². The molecule has 1 atom stereocenters. The summed E-state index contributed by atoms with van der Waals surface area (Å²) in [5, 5.41) is 2.76. The van der Waals surface area contributed by atoms with Gasteiger partial charge in [0, 0.05) is 24.2 Å².